The number of aromatic nitrogens is 2. The molecule has 2 rings (SSSR count). The number of rotatable bonds is 2. The van der Waals surface area contributed by atoms with Crippen molar-refractivity contribution in [3.8, 4) is 0 Å². The van der Waals surface area contributed by atoms with Crippen LogP contribution in [0, 0.1) is 6.92 Å². The van der Waals surface area contributed by atoms with Crippen LogP contribution in [0.4, 0.5) is 0 Å². The fourth-order valence-electron chi connectivity index (χ4n) is 2.05. The van der Waals surface area contributed by atoms with E-state index in [1.54, 1.807) is 6.92 Å². The molecular weight excluding hydrogens is 256 g/mol. The van der Waals surface area contributed by atoms with Gasteiger partial charge in [-0.15, -0.1) is 0 Å². The van der Waals surface area contributed by atoms with E-state index < -0.39 is 5.69 Å². The maximum absolute atomic E-state index is 11.7. The molecule has 0 saturated carbocycles. The summed E-state index contributed by atoms with van der Waals surface area (Å²) in [7, 11) is 2.09. The molecule has 2 heterocycles. The van der Waals surface area contributed by atoms with Crippen LogP contribution in [0.3, 0.4) is 0 Å². The third kappa shape index (κ3) is 3.44. The van der Waals surface area contributed by atoms with Crippen LogP contribution >= 0.6 is 0 Å². The van der Waals surface area contributed by atoms with Gasteiger partial charge in [0.2, 0.25) is 0 Å². The third-order valence-corrected chi connectivity index (χ3v) is 3.23. The predicted octanol–water partition coefficient (Wildman–Crippen LogP) is -3.88. The first-order valence-electron chi connectivity index (χ1n) is 5.79. The summed E-state index contributed by atoms with van der Waals surface area (Å²) in [5.74, 6) is 0. The Kier molecular flexibility index (Phi) is 5.13. The number of hydrogen-bond donors (Lipinski definition) is 2. The molecule has 0 unspecified atom stereocenters. The highest BCUT2D eigenvalue weighted by Crippen LogP contribution is 2.05. The van der Waals surface area contributed by atoms with Crippen LogP contribution in [0.15, 0.2) is 9.59 Å². The van der Waals surface area contributed by atoms with E-state index in [9.17, 15) is 9.59 Å². The largest absolute Gasteiger partial charge is 1.00 e. The molecule has 0 spiro atoms. The van der Waals surface area contributed by atoms with Gasteiger partial charge in [0.15, 0.2) is 0 Å². The standard InChI is InChI=1S/C11H18N4O2.ClH/c1-8-9(10(16)13-11(17)12-8)7-15-5-3-14(2)4-6-15;/h3-7H2,1-2H3,(H2,12,13,16,17);1H/p-1. The van der Waals surface area contributed by atoms with E-state index in [2.05, 4.69) is 26.8 Å². The van der Waals surface area contributed by atoms with Crippen molar-refractivity contribution in [2.75, 3.05) is 33.2 Å². The van der Waals surface area contributed by atoms with Gasteiger partial charge in [0.1, 0.15) is 0 Å². The minimum atomic E-state index is -0.436. The first-order chi connectivity index (χ1) is 8.06. The van der Waals surface area contributed by atoms with Crippen LogP contribution < -0.4 is 23.7 Å². The molecule has 0 bridgehead atoms. The van der Waals surface area contributed by atoms with Crippen molar-refractivity contribution in [2.24, 2.45) is 0 Å². The van der Waals surface area contributed by atoms with E-state index in [0.29, 0.717) is 17.8 Å². The van der Waals surface area contributed by atoms with Crippen LogP contribution in [0.1, 0.15) is 11.3 Å². The molecule has 1 fully saturated rings. The second kappa shape index (κ2) is 6.17. The van der Waals surface area contributed by atoms with E-state index in [-0.39, 0.29) is 18.0 Å². The Morgan fingerprint density at radius 1 is 1.11 bits per heavy atom. The number of halogens is 1. The van der Waals surface area contributed by atoms with Crippen LogP contribution in [0.25, 0.3) is 0 Å². The number of piperazine rings is 1. The predicted molar refractivity (Wildman–Crippen MR) is 65.2 cm³/mol. The average molecular weight is 274 g/mol. The van der Waals surface area contributed by atoms with Crippen molar-refractivity contribution in [2.45, 2.75) is 13.5 Å². The Morgan fingerprint density at radius 3 is 2.28 bits per heavy atom. The van der Waals surface area contributed by atoms with Crippen LogP contribution in [0.2, 0.25) is 0 Å². The fourth-order valence-corrected chi connectivity index (χ4v) is 2.05. The lowest BCUT2D eigenvalue weighted by Gasteiger charge is -2.32. The van der Waals surface area contributed by atoms with Crippen molar-refractivity contribution < 1.29 is 12.4 Å². The molecule has 0 atom stereocenters. The van der Waals surface area contributed by atoms with Gasteiger partial charge in [0, 0.05) is 38.4 Å². The molecule has 102 valence electrons. The van der Waals surface area contributed by atoms with Crippen molar-refractivity contribution in [3.63, 3.8) is 0 Å². The fraction of sp³-hybridized carbons (Fsp3) is 0.636. The Morgan fingerprint density at radius 2 is 1.72 bits per heavy atom. The number of likely N-dealkylation sites (N-methyl/N-ethyl adjacent to an activating group) is 1. The molecule has 7 heteroatoms. The van der Waals surface area contributed by atoms with E-state index in [1.807, 2.05) is 0 Å². The van der Waals surface area contributed by atoms with Gasteiger partial charge in [-0.05, 0) is 14.0 Å². The number of aryl methyl sites for hydroxylation is 1. The van der Waals surface area contributed by atoms with E-state index in [0.717, 1.165) is 26.2 Å². The van der Waals surface area contributed by atoms with Gasteiger partial charge in [-0.1, -0.05) is 0 Å². The summed E-state index contributed by atoms with van der Waals surface area (Å²) in [6, 6.07) is 0. The molecule has 0 aromatic carbocycles. The van der Waals surface area contributed by atoms with Crippen molar-refractivity contribution in [1.29, 1.82) is 0 Å². The van der Waals surface area contributed by atoms with Crippen LogP contribution in [-0.4, -0.2) is 53.0 Å². The highest BCUT2D eigenvalue weighted by Gasteiger charge is 2.16. The quantitative estimate of drug-likeness (QED) is 0.578. The second-order valence-corrected chi connectivity index (χ2v) is 4.59. The van der Waals surface area contributed by atoms with E-state index >= 15 is 0 Å². The zero-order chi connectivity index (χ0) is 12.4. The summed E-state index contributed by atoms with van der Waals surface area (Å²) in [5.41, 5.74) is 0.617. The molecule has 1 saturated heterocycles. The van der Waals surface area contributed by atoms with Gasteiger partial charge >= 0.3 is 5.69 Å². The van der Waals surface area contributed by atoms with Crippen molar-refractivity contribution in [3.05, 3.63) is 32.1 Å². The summed E-state index contributed by atoms with van der Waals surface area (Å²) < 4.78 is 0. The van der Waals surface area contributed by atoms with Gasteiger partial charge in [-0.3, -0.25) is 14.7 Å². The lowest BCUT2D eigenvalue weighted by molar-refractivity contribution is -0.00000395. The maximum Gasteiger partial charge on any atom is 0.325 e. The Hall–Kier alpha value is -1.11. The molecular formula is C11H18ClN4O2-. The molecule has 1 aromatic heterocycles. The molecule has 1 aromatic rings. The molecule has 18 heavy (non-hydrogen) atoms. The Bertz CT molecular complexity index is 503. The summed E-state index contributed by atoms with van der Waals surface area (Å²) in [5, 5.41) is 0. The van der Waals surface area contributed by atoms with E-state index in [1.165, 1.54) is 0 Å². The summed E-state index contributed by atoms with van der Waals surface area (Å²) in [6.45, 7) is 6.30. The minimum Gasteiger partial charge on any atom is -1.00 e. The zero-order valence-electron chi connectivity index (χ0n) is 10.6. The van der Waals surface area contributed by atoms with E-state index in [4.69, 9.17) is 0 Å². The van der Waals surface area contributed by atoms with Gasteiger partial charge in [0.25, 0.3) is 5.56 Å². The number of nitrogens with one attached hydrogen (secondary N) is 2. The summed E-state index contributed by atoms with van der Waals surface area (Å²) in [4.78, 5) is 32.2. The molecule has 0 amide bonds. The van der Waals surface area contributed by atoms with Gasteiger partial charge in [-0.2, -0.15) is 0 Å². The zero-order valence-corrected chi connectivity index (χ0v) is 11.4. The van der Waals surface area contributed by atoms with Crippen molar-refractivity contribution >= 4 is 0 Å². The molecule has 0 radical (unpaired) electrons. The third-order valence-electron chi connectivity index (χ3n) is 3.23. The summed E-state index contributed by atoms with van der Waals surface area (Å²) >= 11 is 0. The lowest BCUT2D eigenvalue weighted by atomic mass is 10.2. The SMILES string of the molecule is Cc1[nH]c(=O)[nH]c(=O)c1CN1CCN(C)CC1.[Cl-]. The van der Waals surface area contributed by atoms with Crippen LogP contribution in [0.5, 0.6) is 0 Å². The van der Waals surface area contributed by atoms with Gasteiger partial charge in [0.05, 0.1) is 5.56 Å². The van der Waals surface area contributed by atoms with Crippen molar-refractivity contribution in [1.82, 2.24) is 19.8 Å². The number of H-pyrrole nitrogens is 2. The topological polar surface area (TPSA) is 72.2 Å². The molecule has 1 aliphatic rings. The summed E-state index contributed by atoms with van der Waals surface area (Å²) in [6.07, 6.45) is 0. The normalized spacial score (nSPS) is 17.4. The molecule has 6 nitrogen and oxygen atoms in total. The van der Waals surface area contributed by atoms with Crippen LogP contribution in [-0.2, 0) is 6.54 Å². The number of hydrogen-bond acceptors (Lipinski definition) is 4. The van der Waals surface area contributed by atoms with Gasteiger partial charge < -0.3 is 22.3 Å². The minimum absolute atomic E-state index is 0. The highest BCUT2D eigenvalue weighted by atomic mass is 35.5. The monoisotopic (exact) mass is 273 g/mol. The lowest BCUT2D eigenvalue weighted by Crippen LogP contribution is -3.00. The number of nitrogens with zero attached hydrogens (tertiary/aromatic N) is 2. The maximum atomic E-state index is 11.7. The van der Waals surface area contributed by atoms with Gasteiger partial charge in [-0.25, -0.2) is 4.79 Å². The molecule has 1 aliphatic heterocycles. The first kappa shape index (κ1) is 14.9. The highest BCUT2D eigenvalue weighted by molar-refractivity contribution is 5.14. The number of aromatic amines is 2. The average Bonchev–Trinajstić information content (AvgIpc) is 2.26. The second-order valence-electron chi connectivity index (χ2n) is 4.59. The Labute approximate surface area is 111 Å². The molecule has 2 N–H and O–H groups in total. The Balaban J connectivity index is 0.00000162. The smallest absolute Gasteiger partial charge is 0.325 e. The molecule has 0 aliphatic carbocycles. The first-order valence-corrected chi connectivity index (χ1v) is 5.79.